The van der Waals surface area contributed by atoms with Gasteiger partial charge in [-0.3, -0.25) is 9.80 Å². The molecule has 6 nitrogen and oxygen atoms in total. The fourth-order valence-corrected chi connectivity index (χ4v) is 3.84. The van der Waals surface area contributed by atoms with Crippen LogP contribution in [0.2, 0.25) is 0 Å². The molecule has 1 N–H and O–H groups in total. The minimum absolute atomic E-state index is 0.323. The smallest absolute Gasteiger partial charge is 0.152 e. The summed E-state index contributed by atoms with van der Waals surface area (Å²) in [5.41, 5.74) is 1.13. The molecule has 3 heterocycles. The summed E-state index contributed by atoms with van der Waals surface area (Å²) in [6, 6.07) is 0.531. The number of sulfone groups is 1. The molecule has 2 aliphatic heterocycles. The molecule has 100 valence electrons. The van der Waals surface area contributed by atoms with Gasteiger partial charge < -0.3 is 4.98 Å². The molecule has 0 spiro atoms. The number of imidazole rings is 1. The van der Waals surface area contributed by atoms with Crippen LogP contribution in [-0.4, -0.2) is 71.9 Å². The summed E-state index contributed by atoms with van der Waals surface area (Å²) >= 11 is 0. The van der Waals surface area contributed by atoms with Crippen molar-refractivity contribution in [1.82, 2.24) is 19.8 Å². The van der Waals surface area contributed by atoms with E-state index in [0.29, 0.717) is 30.6 Å². The summed E-state index contributed by atoms with van der Waals surface area (Å²) in [4.78, 5) is 11.8. The van der Waals surface area contributed by atoms with Crippen molar-refractivity contribution in [1.29, 1.82) is 0 Å². The molecule has 2 saturated heterocycles. The zero-order valence-corrected chi connectivity index (χ0v) is 11.1. The third-order valence-electron chi connectivity index (χ3n) is 3.78. The Morgan fingerprint density at radius 1 is 1.33 bits per heavy atom. The van der Waals surface area contributed by atoms with Crippen molar-refractivity contribution < 1.29 is 8.42 Å². The van der Waals surface area contributed by atoms with Crippen LogP contribution in [0.3, 0.4) is 0 Å². The van der Waals surface area contributed by atoms with Gasteiger partial charge in [-0.05, 0) is 0 Å². The first-order valence-corrected chi connectivity index (χ1v) is 8.09. The van der Waals surface area contributed by atoms with E-state index in [9.17, 15) is 8.42 Å². The average Bonchev–Trinajstić information content (AvgIpc) is 2.76. The summed E-state index contributed by atoms with van der Waals surface area (Å²) < 4.78 is 22.7. The summed E-state index contributed by atoms with van der Waals surface area (Å²) in [7, 11) is -2.76. The van der Waals surface area contributed by atoms with Crippen molar-refractivity contribution in [2.24, 2.45) is 0 Å². The van der Waals surface area contributed by atoms with Crippen LogP contribution >= 0.6 is 0 Å². The van der Waals surface area contributed by atoms with E-state index in [1.54, 1.807) is 6.33 Å². The Morgan fingerprint density at radius 2 is 2.06 bits per heavy atom. The van der Waals surface area contributed by atoms with Gasteiger partial charge in [-0.1, -0.05) is 0 Å². The van der Waals surface area contributed by atoms with Crippen LogP contribution in [0.4, 0.5) is 0 Å². The highest BCUT2D eigenvalue weighted by atomic mass is 32.2. The molecule has 0 aliphatic carbocycles. The maximum Gasteiger partial charge on any atom is 0.152 e. The van der Waals surface area contributed by atoms with Crippen molar-refractivity contribution >= 4 is 9.84 Å². The Bertz CT molecular complexity index is 479. The average molecular weight is 270 g/mol. The number of aromatic nitrogens is 2. The van der Waals surface area contributed by atoms with Crippen molar-refractivity contribution in [3.63, 3.8) is 0 Å². The highest BCUT2D eigenvalue weighted by Crippen LogP contribution is 2.19. The molecule has 2 fully saturated rings. The van der Waals surface area contributed by atoms with E-state index in [1.165, 1.54) is 0 Å². The van der Waals surface area contributed by atoms with Crippen LogP contribution in [0.25, 0.3) is 0 Å². The van der Waals surface area contributed by atoms with Crippen molar-refractivity contribution in [3.8, 4) is 0 Å². The Morgan fingerprint density at radius 3 is 2.67 bits per heavy atom. The molecule has 0 radical (unpaired) electrons. The zero-order valence-electron chi connectivity index (χ0n) is 10.2. The second-order valence-corrected chi connectivity index (χ2v) is 7.42. The van der Waals surface area contributed by atoms with Gasteiger partial charge in [-0.15, -0.1) is 0 Å². The Labute approximate surface area is 107 Å². The standard InChI is InChI=1S/C11H18N4O2S/c16-18(17)3-1-15(2-4-18)11-7-14(8-11)6-10-5-12-9-13-10/h5,9,11H,1-4,6-8H2,(H,12,13). The molecule has 3 rings (SSSR count). The molecule has 0 unspecified atom stereocenters. The van der Waals surface area contributed by atoms with Gasteiger partial charge in [0.1, 0.15) is 0 Å². The van der Waals surface area contributed by atoms with E-state index in [2.05, 4.69) is 19.8 Å². The molecule has 2 aliphatic rings. The molecule has 7 heteroatoms. The summed E-state index contributed by atoms with van der Waals surface area (Å²) in [5.74, 6) is 0.647. The molecule has 0 atom stereocenters. The maximum absolute atomic E-state index is 11.4. The van der Waals surface area contributed by atoms with E-state index in [-0.39, 0.29) is 0 Å². The van der Waals surface area contributed by atoms with Gasteiger partial charge in [0.05, 0.1) is 17.8 Å². The van der Waals surface area contributed by atoms with Crippen molar-refractivity contribution in [3.05, 3.63) is 18.2 Å². The number of hydrogen-bond donors (Lipinski definition) is 1. The molecule has 0 amide bonds. The quantitative estimate of drug-likeness (QED) is 0.788. The first-order chi connectivity index (χ1) is 8.62. The van der Waals surface area contributed by atoms with E-state index in [0.717, 1.165) is 25.3 Å². The topological polar surface area (TPSA) is 69.3 Å². The molecule has 18 heavy (non-hydrogen) atoms. The molecule has 1 aromatic rings. The Kier molecular flexibility index (Phi) is 3.13. The van der Waals surface area contributed by atoms with Crippen LogP contribution in [0, 0.1) is 0 Å². The lowest BCUT2D eigenvalue weighted by atomic mass is 10.1. The van der Waals surface area contributed by atoms with Crippen molar-refractivity contribution in [2.45, 2.75) is 12.6 Å². The van der Waals surface area contributed by atoms with Gasteiger partial charge in [0.15, 0.2) is 9.84 Å². The number of aromatic amines is 1. The van der Waals surface area contributed by atoms with Gasteiger partial charge in [0.25, 0.3) is 0 Å². The van der Waals surface area contributed by atoms with Crippen LogP contribution in [0.15, 0.2) is 12.5 Å². The first kappa shape index (κ1) is 12.1. The number of nitrogens with one attached hydrogen (secondary N) is 1. The minimum atomic E-state index is -2.76. The highest BCUT2D eigenvalue weighted by Gasteiger charge is 2.34. The van der Waals surface area contributed by atoms with E-state index < -0.39 is 9.84 Å². The van der Waals surface area contributed by atoms with Crippen LogP contribution in [0.1, 0.15) is 5.69 Å². The molecule has 0 aromatic carbocycles. The molecule has 1 aromatic heterocycles. The summed E-state index contributed by atoms with van der Waals surface area (Å²) in [6.07, 6.45) is 3.54. The maximum atomic E-state index is 11.4. The second-order valence-electron chi connectivity index (χ2n) is 5.11. The van der Waals surface area contributed by atoms with Gasteiger partial charge in [0, 0.05) is 50.7 Å². The molecular weight excluding hydrogens is 252 g/mol. The van der Waals surface area contributed by atoms with Gasteiger partial charge >= 0.3 is 0 Å². The predicted molar refractivity (Wildman–Crippen MR) is 67.9 cm³/mol. The normalized spacial score (nSPS) is 26.0. The lowest BCUT2D eigenvalue weighted by molar-refractivity contribution is 0.0327. The van der Waals surface area contributed by atoms with Crippen LogP contribution in [-0.2, 0) is 16.4 Å². The third kappa shape index (κ3) is 2.57. The van der Waals surface area contributed by atoms with E-state index >= 15 is 0 Å². The lowest BCUT2D eigenvalue weighted by Gasteiger charge is -2.46. The summed E-state index contributed by atoms with van der Waals surface area (Å²) in [6.45, 7) is 4.36. The molecule has 0 saturated carbocycles. The first-order valence-electron chi connectivity index (χ1n) is 6.26. The monoisotopic (exact) mass is 270 g/mol. The number of rotatable bonds is 3. The Balaban J connectivity index is 1.45. The number of H-pyrrole nitrogens is 1. The Hall–Kier alpha value is -0.920. The number of hydrogen-bond acceptors (Lipinski definition) is 5. The predicted octanol–water partition coefficient (Wildman–Crippen LogP) is -0.676. The number of nitrogens with zero attached hydrogens (tertiary/aromatic N) is 3. The van der Waals surface area contributed by atoms with E-state index in [4.69, 9.17) is 0 Å². The van der Waals surface area contributed by atoms with E-state index in [1.807, 2.05) is 6.20 Å². The van der Waals surface area contributed by atoms with Gasteiger partial charge in [-0.25, -0.2) is 13.4 Å². The number of likely N-dealkylation sites (tertiary alicyclic amines) is 1. The van der Waals surface area contributed by atoms with Crippen LogP contribution in [0.5, 0.6) is 0 Å². The summed E-state index contributed by atoms with van der Waals surface area (Å²) in [5, 5.41) is 0. The van der Waals surface area contributed by atoms with Crippen molar-refractivity contribution in [2.75, 3.05) is 37.7 Å². The third-order valence-corrected chi connectivity index (χ3v) is 5.39. The fraction of sp³-hybridized carbons (Fsp3) is 0.727. The molecule has 0 bridgehead atoms. The van der Waals surface area contributed by atoms with Gasteiger partial charge in [-0.2, -0.15) is 0 Å². The largest absolute Gasteiger partial charge is 0.347 e. The minimum Gasteiger partial charge on any atom is -0.347 e. The van der Waals surface area contributed by atoms with Gasteiger partial charge in [0.2, 0.25) is 0 Å². The second kappa shape index (κ2) is 4.64. The SMILES string of the molecule is O=S1(=O)CCN(C2CN(Cc3cnc[nH]3)C2)CC1. The fourth-order valence-electron chi connectivity index (χ4n) is 2.61. The lowest BCUT2D eigenvalue weighted by Crippen LogP contribution is -2.61. The van der Waals surface area contributed by atoms with Crippen LogP contribution < -0.4 is 0 Å². The highest BCUT2D eigenvalue weighted by molar-refractivity contribution is 7.91. The molecular formula is C11H18N4O2S. The zero-order chi connectivity index (χ0) is 12.6.